The van der Waals surface area contributed by atoms with Crippen LogP contribution in [0.2, 0.25) is 5.02 Å². The zero-order valence-electron chi connectivity index (χ0n) is 13.9. The molecule has 1 aromatic carbocycles. The van der Waals surface area contributed by atoms with Gasteiger partial charge in [-0.15, -0.1) is 11.3 Å². The number of rotatable bonds is 4. The van der Waals surface area contributed by atoms with Crippen molar-refractivity contribution in [1.82, 2.24) is 10.3 Å². The number of pyridine rings is 1. The van der Waals surface area contributed by atoms with Crippen molar-refractivity contribution < 1.29 is 4.74 Å². The molecule has 1 fully saturated rings. The fraction of sp³-hybridized carbons (Fsp3) is 0.158. The fourth-order valence-corrected chi connectivity index (χ4v) is 4.64. The van der Waals surface area contributed by atoms with Gasteiger partial charge >= 0.3 is 0 Å². The lowest BCUT2D eigenvalue weighted by Gasteiger charge is -2.27. The van der Waals surface area contributed by atoms with Crippen molar-refractivity contribution in [3.63, 3.8) is 0 Å². The topological polar surface area (TPSA) is 37.4 Å². The summed E-state index contributed by atoms with van der Waals surface area (Å²) >= 11 is 13.7. The Morgan fingerprint density at radius 3 is 2.77 bits per heavy atom. The summed E-state index contributed by atoms with van der Waals surface area (Å²) in [5, 5.41) is 6.71. The Balaban J connectivity index is 1.80. The van der Waals surface area contributed by atoms with Crippen LogP contribution in [0.5, 0.6) is 5.75 Å². The van der Waals surface area contributed by atoms with Crippen LogP contribution in [0.3, 0.4) is 0 Å². The molecule has 7 heteroatoms. The first-order chi connectivity index (χ1) is 12.7. The lowest BCUT2D eigenvalue weighted by molar-refractivity contribution is 0.415. The molecule has 1 saturated heterocycles. The van der Waals surface area contributed by atoms with Crippen molar-refractivity contribution in [3.8, 4) is 5.75 Å². The van der Waals surface area contributed by atoms with E-state index in [9.17, 15) is 0 Å². The lowest BCUT2D eigenvalue weighted by Crippen LogP contribution is -2.29. The smallest absolute Gasteiger partial charge is 0.174 e. The summed E-state index contributed by atoms with van der Waals surface area (Å²) in [5.41, 5.74) is 1.88. The standard InChI is InChI=1S/C19H16ClN3OS2/c1-24-15-8-7-12(11-13(15)20)23-18(16-6-4-10-26-16)17(22-19(23)25)14-5-2-3-9-21-14/h2-11,17-18H,1H3,(H,22,25). The third-order valence-corrected chi connectivity index (χ3v) is 5.90. The molecule has 3 aromatic rings. The Morgan fingerprint density at radius 2 is 2.12 bits per heavy atom. The number of anilines is 1. The molecular formula is C19H16ClN3OS2. The van der Waals surface area contributed by atoms with E-state index in [0.29, 0.717) is 15.9 Å². The molecule has 0 radical (unpaired) electrons. The second-order valence-corrected chi connectivity index (χ2v) is 7.60. The summed E-state index contributed by atoms with van der Waals surface area (Å²) in [7, 11) is 1.61. The Hall–Kier alpha value is -2.15. The van der Waals surface area contributed by atoms with Crippen molar-refractivity contribution in [2.24, 2.45) is 0 Å². The van der Waals surface area contributed by atoms with E-state index < -0.39 is 0 Å². The van der Waals surface area contributed by atoms with E-state index in [1.807, 2.05) is 36.4 Å². The molecule has 0 bridgehead atoms. The van der Waals surface area contributed by atoms with E-state index >= 15 is 0 Å². The number of nitrogens with one attached hydrogen (secondary N) is 1. The fourth-order valence-electron chi connectivity index (χ4n) is 3.19. The zero-order chi connectivity index (χ0) is 18.1. The molecule has 0 spiro atoms. The Kier molecular flexibility index (Phi) is 4.80. The predicted octanol–water partition coefficient (Wildman–Crippen LogP) is 4.98. The zero-order valence-corrected chi connectivity index (χ0v) is 16.3. The highest BCUT2D eigenvalue weighted by molar-refractivity contribution is 7.80. The number of ether oxygens (including phenoxy) is 1. The third kappa shape index (κ3) is 3.05. The Bertz CT molecular complexity index is 918. The van der Waals surface area contributed by atoms with Crippen molar-refractivity contribution in [1.29, 1.82) is 0 Å². The van der Waals surface area contributed by atoms with Gasteiger partial charge in [0.2, 0.25) is 0 Å². The van der Waals surface area contributed by atoms with Gasteiger partial charge < -0.3 is 15.0 Å². The predicted molar refractivity (Wildman–Crippen MR) is 110 cm³/mol. The van der Waals surface area contributed by atoms with Crippen LogP contribution >= 0.6 is 35.2 Å². The van der Waals surface area contributed by atoms with Gasteiger partial charge in [0.15, 0.2) is 5.11 Å². The quantitative estimate of drug-likeness (QED) is 0.624. The highest BCUT2D eigenvalue weighted by Crippen LogP contribution is 2.44. The second kappa shape index (κ2) is 7.23. The van der Waals surface area contributed by atoms with Gasteiger partial charge in [0.25, 0.3) is 0 Å². The van der Waals surface area contributed by atoms with E-state index in [1.165, 1.54) is 4.88 Å². The van der Waals surface area contributed by atoms with E-state index in [-0.39, 0.29) is 12.1 Å². The lowest BCUT2D eigenvalue weighted by atomic mass is 10.0. The number of methoxy groups -OCH3 is 1. The third-order valence-electron chi connectivity index (χ3n) is 4.35. The molecule has 3 heterocycles. The number of hydrogen-bond donors (Lipinski definition) is 1. The van der Waals surface area contributed by atoms with Crippen LogP contribution in [0.1, 0.15) is 22.7 Å². The van der Waals surface area contributed by atoms with Gasteiger partial charge in [0.05, 0.1) is 29.9 Å². The van der Waals surface area contributed by atoms with Crippen LogP contribution in [0, 0.1) is 0 Å². The first kappa shape index (κ1) is 17.3. The average molecular weight is 402 g/mol. The SMILES string of the molecule is COc1ccc(N2C(=S)NC(c3ccccn3)C2c2cccs2)cc1Cl. The minimum atomic E-state index is -0.0387. The van der Waals surface area contributed by atoms with Crippen LogP contribution in [0.4, 0.5) is 5.69 Å². The van der Waals surface area contributed by atoms with Crippen LogP contribution < -0.4 is 15.0 Å². The van der Waals surface area contributed by atoms with Gasteiger partial charge in [0.1, 0.15) is 5.75 Å². The molecule has 132 valence electrons. The van der Waals surface area contributed by atoms with Crippen LogP contribution in [0.15, 0.2) is 60.1 Å². The maximum Gasteiger partial charge on any atom is 0.174 e. The van der Waals surface area contributed by atoms with Crippen molar-refractivity contribution >= 4 is 46.0 Å². The van der Waals surface area contributed by atoms with Gasteiger partial charge in [-0.05, 0) is 54.0 Å². The van der Waals surface area contributed by atoms with E-state index in [0.717, 1.165) is 11.4 Å². The van der Waals surface area contributed by atoms with Crippen molar-refractivity contribution in [3.05, 3.63) is 75.7 Å². The molecule has 2 atom stereocenters. The summed E-state index contributed by atoms with van der Waals surface area (Å²) in [6.45, 7) is 0. The number of thiophene rings is 1. The number of thiocarbonyl (C=S) groups is 1. The van der Waals surface area contributed by atoms with Gasteiger partial charge in [-0.3, -0.25) is 4.98 Å². The normalized spacial score (nSPS) is 19.5. The molecule has 1 N–H and O–H groups in total. The molecule has 2 unspecified atom stereocenters. The molecule has 1 aliphatic rings. The number of hydrogen-bond acceptors (Lipinski definition) is 4. The monoisotopic (exact) mass is 401 g/mol. The average Bonchev–Trinajstić information content (AvgIpc) is 3.30. The van der Waals surface area contributed by atoms with Gasteiger partial charge in [-0.25, -0.2) is 0 Å². The molecule has 26 heavy (non-hydrogen) atoms. The Labute approximate surface area is 166 Å². The van der Waals surface area contributed by atoms with Crippen molar-refractivity contribution in [2.45, 2.75) is 12.1 Å². The molecule has 1 aliphatic heterocycles. The number of benzene rings is 1. The molecule has 4 nitrogen and oxygen atoms in total. The highest BCUT2D eigenvalue weighted by atomic mass is 35.5. The minimum Gasteiger partial charge on any atom is -0.495 e. The summed E-state index contributed by atoms with van der Waals surface area (Å²) in [6.07, 6.45) is 1.80. The maximum absolute atomic E-state index is 6.36. The maximum atomic E-state index is 6.36. The molecule has 2 aromatic heterocycles. The van der Waals surface area contributed by atoms with Crippen LogP contribution in [-0.4, -0.2) is 17.2 Å². The van der Waals surface area contributed by atoms with E-state index in [1.54, 1.807) is 24.6 Å². The summed E-state index contributed by atoms with van der Waals surface area (Å²) in [4.78, 5) is 7.85. The minimum absolute atomic E-state index is 0.00172. The molecule has 0 saturated carbocycles. The summed E-state index contributed by atoms with van der Waals surface area (Å²) < 4.78 is 5.27. The highest BCUT2D eigenvalue weighted by Gasteiger charge is 2.41. The number of aromatic nitrogens is 1. The number of nitrogens with zero attached hydrogens (tertiary/aromatic N) is 2. The van der Waals surface area contributed by atoms with E-state index in [2.05, 4.69) is 32.7 Å². The Morgan fingerprint density at radius 1 is 1.23 bits per heavy atom. The second-order valence-electron chi connectivity index (χ2n) is 5.83. The van der Waals surface area contributed by atoms with Gasteiger partial charge in [0, 0.05) is 16.8 Å². The van der Waals surface area contributed by atoms with E-state index in [4.69, 9.17) is 28.6 Å². The molecule has 0 aliphatic carbocycles. The first-order valence-electron chi connectivity index (χ1n) is 8.06. The van der Waals surface area contributed by atoms with Crippen molar-refractivity contribution in [2.75, 3.05) is 12.0 Å². The van der Waals surface area contributed by atoms with Gasteiger partial charge in [-0.2, -0.15) is 0 Å². The first-order valence-corrected chi connectivity index (χ1v) is 9.73. The van der Waals surface area contributed by atoms with Crippen LogP contribution in [-0.2, 0) is 0 Å². The summed E-state index contributed by atoms with van der Waals surface area (Å²) in [5.74, 6) is 0.641. The molecule has 4 rings (SSSR count). The molecule has 0 amide bonds. The van der Waals surface area contributed by atoms with Crippen LogP contribution in [0.25, 0.3) is 0 Å². The largest absolute Gasteiger partial charge is 0.495 e. The summed E-state index contributed by atoms with van der Waals surface area (Å²) in [6, 6.07) is 15.8. The van der Waals surface area contributed by atoms with Gasteiger partial charge in [-0.1, -0.05) is 23.7 Å². The molecular weight excluding hydrogens is 386 g/mol. The number of halogens is 1.